The molecule has 0 amide bonds. The predicted molar refractivity (Wildman–Crippen MR) is 115 cm³/mol. The summed E-state index contributed by atoms with van der Waals surface area (Å²) in [4.78, 5) is 9.23. The summed E-state index contributed by atoms with van der Waals surface area (Å²) in [5.74, 6) is 1.37. The molecule has 0 radical (unpaired) electrons. The van der Waals surface area contributed by atoms with Gasteiger partial charge in [-0.2, -0.15) is 4.31 Å². The van der Waals surface area contributed by atoms with Gasteiger partial charge in [-0.15, -0.1) is 0 Å². The van der Waals surface area contributed by atoms with Crippen molar-refractivity contribution in [3.05, 3.63) is 72.2 Å². The number of methoxy groups -OCH3 is 1. The zero-order chi connectivity index (χ0) is 21.1. The maximum atomic E-state index is 13.2. The fraction of sp³-hybridized carbons (Fsp3) is 0.273. The molecule has 1 aliphatic heterocycles. The highest BCUT2D eigenvalue weighted by Crippen LogP contribution is 2.36. The summed E-state index contributed by atoms with van der Waals surface area (Å²) in [6, 6.07) is 15.8. The summed E-state index contributed by atoms with van der Waals surface area (Å²) < 4.78 is 33.1. The Balaban J connectivity index is 1.54. The van der Waals surface area contributed by atoms with Gasteiger partial charge in [0.05, 0.1) is 35.6 Å². The number of hydrogen-bond acceptors (Lipinski definition) is 6. The fourth-order valence-electron chi connectivity index (χ4n) is 3.64. The monoisotopic (exact) mass is 424 g/mol. The van der Waals surface area contributed by atoms with Gasteiger partial charge in [-0.3, -0.25) is 4.98 Å². The molecule has 0 bridgehead atoms. The Hall–Kier alpha value is -2.97. The number of nitrogens with zero attached hydrogens (tertiary/aromatic N) is 3. The van der Waals surface area contributed by atoms with Gasteiger partial charge in [-0.25, -0.2) is 13.4 Å². The Kier molecular flexibility index (Phi) is 5.69. The average Bonchev–Trinajstić information content (AvgIpc) is 3.25. The van der Waals surface area contributed by atoms with Crippen molar-refractivity contribution in [2.45, 2.75) is 30.7 Å². The molecule has 1 aromatic carbocycles. The summed E-state index contributed by atoms with van der Waals surface area (Å²) >= 11 is 0. The van der Waals surface area contributed by atoms with Crippen LogP contribution in [-0.4, -0.2) is 36.3 Å². The predicted octanol–water partition coefficient (Wildman–Crippen LogP) is 4.06. The number of aromatic nitrogens is 2. The Labute approximate surface area is 176 Å². The lowest BCUT2D eigenvalue weighted by Crippen LogP contribution is -2.31. The maximum Gasteiger partial charge on any atom is 0.243 e. The molecule has 0 spiro atoms. The van der Waals surface area contributed by atoms with Crippen molar-refractivity contribution in [3.8, 4) is 5.75 Å². The number of hydrogen-bond donors (Lipinski definition) is 1. The number of benzene rings is 1. The van der Waals surface area contributed by atoms with Crippen LogP contribution in [0.2, 0.25) is 0 Å². The van der Waals surface area contributed by atoms with Crippen LogP contribution in [0.4, 0.5) is 11.5 Å². The lowest BCUT2D eigenvalue weighted by molar-refractivity contribution is 0.390. The highest BCUT2D eigenvalue weighted by Gasteiger charge is 2.36. The van der Waals surface area contributed by atoms with Gasteiger partial charge < -0.3 is 10.1 Å². The van der Waals surface area contributed by atoms with Gasteiger partial charge in [-0.1, -0.05) is 6.07 Å². The van der Waals surface area contributed by atoms with Crippen LogP contribution in [0, 0.1) is 6.92 Å². The SMILES string of the molecule is COc1ccc(S(=O)(=O)N2CCC[C@@H]2c2ccc(Nc3cccc(C)n3)cn2)cc1. The van der Waals surface area contributed by atoms with Crippen LogP contribution in [0.3, 0.4) is 0 Å². The summed E-state index contributed by atoms with van der Waals surface area (Å²) in [5.41, 5.74) is 2.47. The van der Waals surface area contributed by atoms with E-state index in [-0.39, 0.29) is 10.9 Å². The first kappa shape index (κ1) is 20.3. The van der Waals surface area contributed by atoms with Gasteiger partial charge in [0.25, 0.3) is 0 Å². The molecule has 1 atom stereocenters. The van der Waals surface area contributed by atoms with E-state index in [0.29, 0.717) is 12.3 Å². The Morgan fingerprint density at radius 3 is 2.57 bits per heavy atom. The third kappa shape index (κ3) is 4.15. The van der Waals surface area contributed by atoms with Gasteiger partial charge in [-0.05, 0) is 68.3 Å². The molecule has 1 saturated heterocycles. The van der Waals surface area contributed by atoms with E-state index in [0.717, 1.165) is 35.7 Å². The van der Waals surface area contributed by atoms with E-state index in [1.165, 1.54) is 0 Å². The molecule has 1 fully saturated rings. The number of rotatable bonds is 6. The molecule has 1 aliphatic rings. The van der Waals surface area contributed by atoms with E-state index in [1.807, 2.05) is 37.3 Å². The Bertz CT molecular complexity index is 1120. The van der Waals surface area contributed by atoms with Crippen LogP contribution >= 0.6 is 0 Å². The Morgan fingerprint density at radius 2 is 1.90 bits per heavy atom. The molecule has 3 aromatic rings. The molecule has 7 nitrogen and oxygen atoms in total. The first-order valence-corrected chi connectivity index (χ1v) is 11.2. The van der Waals surface area contributed by atoms with E-state index in [9.17, 15) is 8.42 Å². The van der Waals surface area contributed by atoms with Crippen molar-refractivity contribution in [2.24, 2.45) is 0 Å². The fourth-order valence-corrected chi connectivity index (χ4v) is 5.31. The zero-order valence-corrected chi connectivity index (χ0v) is 17.8. The molecular weight excluding hydrogens is 400 g/mol. The van der Waals surface area contributed by atoms with Crippen molar-refractivity contribution in [1.82, 2.24) is 14.3 Å². The normalized spacial score (nSPS) is 17.1. The van der Waals surface area contributed by atoms with E-state index < -0.39 is 10.0 Å². The molecule has 156 valence electrons. The summed E-state index contributed by atoms with van der Waals surface area (Å²) in [5, 5.41) is 3.22. The third-order valence-electron chi connectivity index (χ3n) is 5.16. The molecular formula is C22H24N4O3S. The minimum absolute atomic E-state index is 0.263. The smallest absolute Gasteiger partial charge is 0.243 e. The second kappa shape index (κ2) is 8.41. The lowest BCUT2D eigenvalue weighted by atomic mass is 10.1. The third-order valence-corrected chi connectivity index (χ3v) is 7.08. The number of ether oxygens (including phenoxy) is 1. The van der Waals surface area contributed by atoms with Crippen molar-refractivity contribution in [1.29, 1.82) is 0 Å². The van der Waals surface area contributed by atoms with Gasteiger partial charge in [0.1, 0.15) is 11.6 Å². The quantitative estimate of drug-likeness (QED) is 0.642. The van der Waals surface area contributed by atoms with Crippen molar-refractivity contribution >= 4 is 21.5 Å². The topological polar surface area (TPSA) is 84.4 Å². The van der Waals surface area contributed by atoms with E-state index in [1.54, 1.807) is 41.9 Å². The van der Waals surface area contributed by atoms with Crippen LogP contribution in [0.5, 0.6) is 5.75 Å². The van der Waals surface area contributed by atoms with Crippen molar-refractivity contribution < 1.29 is 13.2 Å². The largest absolute Gasteiger partial charge is 0.497 e. The molecule has 3 heterocycles. The zero-order valence-electron chi connectivity index (χ0n) is 16.9. The number of nitrogens with one attached hydrogen (secondary N) is 1. The standard InChI is InChI=1S/C22H24N4O3S/c1-16-5-3-7-22(24-16)25-17-8-13-20(23-15-17)21-6-4-14-26(21)30(27,28)19-11-9-18(29-2)10-12-19/h3,5,7-13,15,21H,4,6,14H2,1-2H3,(H,24,25)/t21-/m1/s1. The second-order valence-electron chi connectivity index (χ2n) is 7.21. The minimum Gasteiger partial charge on any atom is -0.497 e. The van der Waals surface area contributed by atoms with Crippen LogP contribution in [0.1, 0.15) is 30.3 Å². The van der Waals surface area contributed by atoms with E-state index in [4.69, 9.17) is 4.74 Å². The van der Waals surface area contributed by atoms with Gasteiger partial charge in [0.2, 0.25) is 10.0 Å². The maximum absolute atomic E-state index is 13.2. The second-order valence-corrected chi connectivity index (χ2v) is 9.10. The molecule has 0 unspecified atom stereocenters. The highest BCUT2D eigenvalue weighted by atomic mass is 32.2. The van der Waals surface area contributed by atoms with Crippen LogP contribution in [-0.2, 0) is 10.0 Å². The van der Waals surface area contributed by atoms with Gasteiger partial charge in [0.15, 0.2) is 0 Å². The number of aryl methyl sites for hydroxylation is 1. The lowest BCUT2D eigenvalue weighted by Gasteiger charge is -2.24. The Morgan fingerprint density at radius 1 is 1.10 bits per heavy atom. The van der Waals surface area contributed by atoms with E-state index >= 15 is 0 Å². The molecule has 0 saturated carbocycles. The minimum atomic E-state index is -3.61. The molecule has 4 rings (SSSR count). The van der Waals surface area contributed by atoms with E-state index in [2.05, 4.69) is 15.3 Å². The summed E-state index contributed by atoms with van der Waals surface area (Å²) in [7, 11) is -2.06. The molecule has 2 aromatic heterocycles. The van der Waals surface area contributed by atoms with Crippen LogP contribution in [0.25, 0.3) is 0 Å². The van der Waals surface area contributed by atoms with Gasteiger partial charge >= 0.3 is 0 Å². The summed E-state index contributed by atoms with van der Waals surface area (Å²) in [6.07, 6.45) is 3.26. The van der Waals surface area contributed by atoms with Crippen LogP contribution in [0.15, 0.2) is 65.7 Å². The van der Waals surface area contributed by atoms with Crippen molar-refractivity contribution in [3.63, 3.8) is 0 Å². The van der Waals surface area contributed by atoms with Crippen LogP contribution < -0.4 is 10.1 Å². The molecule has 0 aliphatic carbocycles. The number of anilines is 2. The molecule has 1 N–H and O–H groups in total. The number of sulfonamides is 1. The molecule has 8 heteroatoms. The first-order valence-electron chi connectivity index (χ1n) is 9.80. The first-order chi connectivity index (χ1) is 14.5. The average molecular weight is 425 g/mol. The number of pyridine rings is 2. The summed E-state index contributed by atoms with van der Waals surface area (Å²) in [6.45, 7) is 2.42. The van der Waals surface area contributed by atoms with Gasteiger partial charge in [0, 0.05) is 12.2 Å². The highest BCUT2D eigenvalue weighted by molar-refractivity contribution is 7.89. The molecule has 30 heavy (non-hydrogen) atoms. The van der Waals surface area contributed by atoms with Crippen molar-refractivity contribution in [2.75, 3.05) is 19.0 Å².